The Labute approximate surface area is 128 Å². The van der Waals surface area contributed by atoms with Crippen molar-refractivity contribution >= 4 is 10.9 Å². The van der Waals surface area contributed by atoms with E-state index in [2.05, 4.69) is 31.9 Å². The molecule has 114 valence electrons. The predicted octanol–water partition coefficient (Wildman–Crippen LogP) is 3.03. The van der Waals surface area contributed by atoms with Gasteiger partial charge in [-0.1, -0.05) is 0 Å². The van der Waals surface area contributed by atoms with E-state index in [-0.39, 0.29) is 5.82 Å². The van der Waals surface area contributed by atoms with E-state index >= 15 is 0 Å². The van der Waals surface area contributed by atoms with Crippen molar-refractivity contribution in [1.82, 2.24) is 19.7 Å². The van der Waals surface area contributed by atoms with Gasteiger partial charge in [-0.15, -0.1) is 0 Å². The van der Waals surface area contributed by atoms with Crippen LogP contribution < -0.4 is 0 Å². The van der Waals surface area contributed by atoms with Crippen LogP contribution in [0.1, 0.15) is 23.6 Å². The van der Waals surface area contributed by atoms with E-state index in [0.29, 0.717) is 5.92 Å². The molecule has 5 heteroatoms. The summed E-state index contributed by atoms with van der Waals surface area (Å²) in [5.74, 6) is 0.353. The second-order valence-corrected chi connectivity index (χ2v) is 6.16. The zero-order valence-corrected chi connectivity index (χ0v) is 12.6. The fourth-order valence-corrected chi connectivity index (χ4v) is 3.54. The summed E-state index contributed by atoms with van der Waals surface area (Å²) in [4.78, 5) is 2.44. The standard InChI is InChI=1S/C17H19FN4/c1-21-9-13(15-8-14(18)2-3-17(15)21)11-22-7-5-12(10-22)16-4-6-19-20-16/h2-4,6,8-9,12H,5,7,10-11H2,1H3,(H,19,20). The molecule has 1 aliphatic heterocycles. The van der Waals surface area contributed by atoms with Crippen molar-refractivity contribution in [3.63, 3.8) is 0 Å². The molecule has 3 aromatic rings. The molecule has 4 nitrogen and oxygen atoms in total. The number of aromatic nitrogens is 3. The number of nitrogens with zero attached hydrogens (tertiary/aromatic N) is 3. The Balaban J connectivity index is 1.56. The molecule has 0 spiro atoms. The molecule has 22 heavy (non-hydrogen) atoms. The average Bonchev–Trinajstić information content (AvgIpc) is 3.21. The van der Waals surface area contributed by atoms with Crippen LogP contribution in [0.25, 0.3) is 10.9 Å². The van der Waals surface area contributed by atoms with Crippen molar-refractivity contribution in [2.45, 2.75) is 18.9 Å². The van der Waals surface area contributed by atoms with Crippen LogP contribution >= 0.6 is 0 Å². The van der Waals surface area contributed by atoms with Gasteiger partial charge < -0.3 is 4.57 Å². The molecule has 1 fully saturated rings. The Bertz CT molecular complexity index is 790. The molecule has 1 unspecified atom stereocenters. The van der Waals surface area contributed by atoms with Crippen molar-refractivity contribution in [3.05, 3.63) is 53.7 Å². The fraction of sp³-hybridized carbons (Fsp3) is 0.353. The van der Waals surface area contributed by atoms with Gasteiger partial charge in [0.25, 0.3) is 0 Å². The van der Waals surface area contributed by atoms with Crippen LogP contribution in [0.5, 0.6) is 0 Å². The molecule has 0 saturated carbocycles. The Kier molecular flexibility index (Phi) is 3.22. The Morgan fingerprint density at radius 3 is 3.09 bits per heavy atom. The van der Waals surface area contributed by atoms with Crippen LogP contribution in [-0.4, -0.2) is 32.8 Å². The molecule has 3 heterocycles. The van der Waals surface area contributed by atoms with Gasteiger partial charge in [0.2, 0.25) is 0 Å². The van der Waals surface area contributed by atoms with E-state index < -0.39 is 0 Å². The SMILES string of the molecule is Cn1cc(CN2CCC(c3ccn[nH]3)C2)c2cc(F)ccc21. The first-order valence-electron chi connectivity index (χ1n) is 7.66. The van der Waals surface area contributed by atoms with Gasteiger partial charge in [-0.25, -0.2) is 4.39 Å². The van der Waals surface area contributed by atoms with E-state index in [1.54, 1.807) is 6.07 Å². The summed E-state index contributed by atoms with van der Waals surface area (Å²) in [6.07, 6.45) is 5.07. The second-order valence-electron chi connectivity index (χ2n) is 6.16. The normalized spacial score (nSPS) is 19.3. The van der Waals surface area contributed by atoms with Gasteiger partial charge in [0, 0.05) is 55.0 Å². The first kappa shape index (κ1) is 13.5. The Morgan fingerprint density at radius 1 is 1.36 bits per heavy atom. The van der Waals surface area contributed by atoms with E-state index in [9.17, 15) is 4.39 Å². The third-order valence-electron chi connectivity index (χ3n) is 4.66. The van der Waals surface area contributed by atoms with Gasteiger partial charge in [0.1, 0.15) is 5.82 Å². The summed E-state index contributed by atoms with van der Waals surface area (Å²) in [7, 11) is 2.02. The summed E-state index contributed by atoms with van der Waals surface area (Å²) in [5, 5.41) is 8.14. The van der Waals surface area contributed by atoms with Gasteiger partial charge in [-0.05, 0) is 42.8 Å². The molecular weight excluding hydrogens is 279 g/mol. The summed E-state index contributed by atoms with van der Waals surface area (Å²) in [6.45, 7) is 2.95. The zero-order chi connectivity index (χ0) is 15.1. The maximum Gasteiger partial charge on any atom is 0.123 e. The van der Waals surface area contributed by atoms with Crippen LogP contribution in [0.3, 0.4) is 0 Å². The Hall–Kier alpha value is -2.14. The zero-order valence-electron chi connectivity index (χ0n) is 12.6. The first-order chi connectivity index (χ1) is 10.7. The number of likely N-dealkylation sites (tertiary alicyclic amines) is 1. The molecule has 1 aliphatic rings. The minimum Gasteiger partial charge on any atom is -0.350 e. The topological polar surface area (TPSA) is 36.9 Å². The molecule has 1 saturated heterocycles. The summed E-state index contributed by atoms with van der Waals surface area (Å²) in [6, 6.07) is 7.08. The van der Waals surface area contributed by atoms with E-state index in [1.807, 2.05) is 19.3 Å². The van der Waals surface area contributed by atoms with Crippen molar-refractivity contribution < 1.29 is 4.39 Å². The molecule has 1 atom stereocenters. The third kappa shape index (κ3) is 2.31. The largest absolute Gasteiger partial charge is 0.350 e. The van der Waals surface area contributed by atoms with Crippen LogP contribution in [0.15, 0.2) is 36.7 Å². The number of halogens is 1. The predicted molar refractivity (Wildman–Crippen MR) is 84.1 cm³/mol. The highest BCUT2D eigenvalue weighted by molar-refractivity contribution is 5.84. The second kappa shape index (κ2) is 5.25. The summed E-state index contributed by atoms with van der Waals surface area (Å²) in [5.41, 5.74) is 3.49. The highest BCUT2D eigenvalue weighted by atomic mass is 19.1. The maximum absolute atomic E-state index is 13.6. The molecular formula is C17H19FN4. The molecule has 2 aromatic heterocycles. The number of hydrogen-bond acceptors (Lipinski definition) is 2. The lowest BCUT2D eigenvalue weighted by molar-refractivity contribution is 0.327. The van der Waals surface area contributed by atoms with Crippen molar-refractivity contribution in [2.75, 3.05) is 13.1 Å². The van der Waals surface area contributed by atoms with Gasteiger partial charge in [-0.2, -0.15) is 5.10 Å². The summed E-state index contributed by atoms with van der Waals surface area (Å²) >= 11 is 0. The molecule has 0 amide bonds. The monoisotopic (exact) mass is 298 g/mol. The van der Waals surface area contributed by atoms with Gasteiger partial charge in [0.05, 0.1) is 0 Å². The maximum atomic E-state index is 13.6. The van der Waals surface area contributed by atoms with Crippen molar-refractivity contribution in [3.8, 4) is 0 Å². The molecule has 0 bridgehead atoms. The van der Waals surface area contributed by atoms with Crippen molar-refractivity contribution in [1.29, 1.82) is 0 Å². The fourth-order valence-electron chi connectivity index (χ4n) is 3.54. The number of rotatable bonds is 3. The molecule has 1 N–H and O–H groups in total. The number of H-pyrrole nitrogens is 1. The smallest absolute Gasteiger partial charge is 0.123 e. The lowest BCUT2D eigenvalue weighted by Gasteiger charge is -2.15. The van der Waals surface area contributed by atoms with Crippen LogP contribution in [0.4, 0.5) is 4.39 Å². The highest BCUT2D eigenvalue weighted by Gasteiger charge is 2.25. The number of aryl methyl sites for hydroxylation is 1. The van der Waals surface area contributed by atoms with Crippen molar-refractivity contribution in [2.24, 2.45) is 7.05 Å². The number of nitrogens with one attached hydrogen (secondary N) is 1. The lowest BCUT2D eigenvalue weighted by Crippen LogP contribution is -2.19. The number of hydrogen-bond donors (Lipinski definition) is 1. The Morgan fingerprint density at radius 2 is 2.27 bits per heavy atom. The lowest BCUT2D eigenvalue weighted by atomic mass is 10.1. The van der Waals surface area contributed by atoms with E-state index in [0.717, 1.165) is 37.0 Å². The van der Waals surface area contributed by atoms with Crippen LogP contribution in [-0.2, 0) is 13.6 Å². The van der Waals surface area contributed by atoms with Gasteiger partial charge >= 0.3 is 0 Å². The molecule has 0 radical (unpaired) electrons. The third-order valence-corrected chi connectivity index (χ3v) is 4.66. The quantitative estimate of drug-likeness (QED) is 0.807. The molecule has 0 aliphatic carbocycles. The molecule has 1 aromatic carbocycles. The van der Waals surface area contributed by atoms with E-state index in [1.165, 1.54) is 17.3 Å². The highest BCUT2D eigenvalue weighted by Crippen LogP contribution is 2.29. The van der Waals surface area contributed by atoms with Gasteiger partial charge in [0.15, 0.2) is 0 Å². The first-order valence-corrected chi connectivity index (χ1v) is 7.66. The minimum atomic E-state index is -0.170. The van der Waals surface area contributed by atoms with E-state index in [4.69, 9.17) is 0 Å². The van der Waals surface area contributed by atoms with Crippen LogP contribution in [0, 0.1) is 5.82 Å². The number of fused-ring (bicyclic) bond motifs is 1. The average molecular weight is 298 g/mol. The number of aromatic amines is 1. The molecule has 4 rings (SSSR count). The summed E-state index contributed by atoms with van der Waals surface area (Å²) < 4.78 is 15.6. The van der Waals surface area contributed by atoms with Gasteiger partial charge in [-0.3, -0.25) is 10.00 Å². The minimum absolute atomic E-state index is 0.170. The number of benzene rings is 1. The van der Waals surface area contributed by atoms with Crippen LogP contribution in [0.2, 0.25) is 0 Å².